The van der Waals surface area contributed by atoms with Crippen LogP contribution in [-0.2, 0) is 10.0 Å². The van der Waals surface area contributed by atoms with Crippen molar-refractivity contribution in [2.45, 2.75) is 32.1 Å². The van der Waals surface area contributed by atoms with Crippen LogP contribution in [0.5, 0.6) is 5.88 Å². The molecule has 0 atom stereocenters. The number of hydrogen-bond acceptors (Lipinski definition) is 4. The minimum absolute atomic E-state index is 0.0474. The van der Waals surface area contributed by atoms with Crippen LogP contribution in [-0.4, -0.2) is 37.4 Å². The van der Waals surface area contributed by atoms with Gasteiger partial charge in [-0.2, -0.15) is 4.31 Å². The summed E-state index contributed by atoms with van der Waals surface area (Å²) < 4.78 is 31.6. The Morgan fingerprint density at radius 2 is 2.16 bits per heavy atom. The summed E-state index contributed by atoms with van der Waals surface area (Å²) in [5.74, 6) is 0.447. The molecule has 1 fully saturated rings. The van der Waals surface area contributed by atoms with Crippen molar-refractivity contribution in [3.8, 4) is 5.88 Å². The minimum Gasteiger partial charge on any atom is -0.478 e. The van der Waals surface area contributed by atoms with Gasteiger partial charge in [0.05, 0.1) is 12.8 Å². The molecule has 0 bridgehead atoms. The van der Waals surface area contributed by atoms with E-state index in [4.69, 9.17) is 4.74 Å². The van der Waals surface area contributed by atoms with Crippen LogP contribution in [0, 0.1) is 5.41 Å². The van der Waals surface area contributed by atoms with Crippen molar-refractivity contribution in [2.24, 2.45) is 5.41 Å². The zero-order valence-electron chi connectivity index (χ0n) is 11.6. The number of ether oxygens (including phenoxy) is 1. The highest BCUT2D eigenvalue weighted by molar-refractivity contribution is 7.89. The van der Waals surface area contributed by atoms with Gasteiger partial charge in [-0.25, -0.2) is 13.4 Å². The first kappa shape index (κ1) is 14.3. The molecule has 1 aliphatic heterocycles. The third-order valence-electron chi connectivity index (χ3n) is 3.28. The van der Waals surface area contributed by atoms with Crippen LogP contribution in [0.25, 0.3) is 0 Å². The number of hydrogen-bond donors (Lipinski definition) is 0. The van der Waals surface area contributed by atoms with E-state index in [0.717, 1.165) is 6.42 Å². The van der Waals surface area contributed by atoms with Gasteiger partial charge in [0.1, 0.15) is 4.90 Å². The van der Waals surface area contributed by atoms with Crippen LogP contribution in [0.4, 0.5) is 0 Å². The summed E-state index contributed by atoms with van der Waals surface area (Å²) >= 11 is 0. The fourth-order valence-electron chi connectivity index (χ4n) is 2.17. The van der Waals surface area contributed by atoms with Crippen LogP contribution >= 0.6 is 0 Å². The Balaban J connectivity index is 2.20. The third-order valence-corrected chi connectivity index (χ3v) is 5.11. The molecule has 1 aliphatic rings. The van der Waals surface area contributed by atoms with E-state index in [1.165, 1.54) is 10.5 Å². The molecular formula is C13H20N2O3S. The lowest BCUT2D eigenvalue weighted by Crippen LogP contribution is -2.30. The average molecular weight is 284 g/mol. The number of aromatic nitrogens is 1. The maximum absolute atomic E-state index is 12.4. The van der Waals surface area contributed by atoms with Crippen molar-refractivity contribution in [2.75, 3.05) is 19.7 Å². The van der Waals surface area contributed by atoms with Crippen molar-refractivity contribution >= 4 is 10.0 Å². The summed E-state index contributed by atoms with van der Waals surface area (Å²) in [4.78, 5) is 4.24. The van der Waals surface area contributed by atoms with Crippen LogP contribution < -0.4 is 4.74 Å². The molecule has 0 radical (unpaired) electrons. The zero-order chi connectivity index (χ0) is 14.1. The molecule has 1 aromatic rings. The SMILES string of the molecule is CCOc1ccc(S(=O)(=O)N2CCC(C)(C)C2)cn1. The molecule has 5 nitrogen and oxygen atoms in total. The fourth-order valence-corrected chi connectivity index (χ4v) is 3.74. The van der Waals surface area contributed by atoms with E-state index in [1.54, 1.807) is 12.1 Å². The Hall–Kier alpha value is -1.14. The van der Waals surface area contributed by atoms with Crippen molar-refractivity contribution in [1.29, 1.82) is 0 Å². The molecule has 1 saturated heterocycles. The molecule has 0 amide bonds. The second kappa shape index (κ2) is 5.09. The number of sulfonamides is 1. The molecule has 2 rings (SSSR count). The van der Waals surface area contributed by atoms with Crippen molar-refractivity contribution in [1.82, 2.24) is 9.29 Å². The normalized spacial score (nSPS) is 19.5. The Bertz CT molecular complexity index is 538. The standard InChI is InChI=1S/C13H20N2O3S/c1-4-18-12-6-5-11(9-14-12)19(16,17)15-8-7-13(2,3)10-15/h5-6,9H,4,7-8,10H2,1-3H3. The van der Waals surface area contributed by atoms with Gasteiger partial charge < -0.3 is 4.74 Å². The predicted octanol–water partition coefficient (Wildman–Crippen LogP) is 1.90. The average Bonchev–Trinajstić information content (AvgIpc) is 2.71. The molecular weight excluding hydrogens is 264 g/mol. The van der Waals surface area contributed by atoms with Gasteiger partial charge in [-0.05, 0) is 24.8 Å². The molecule has 0 N–H and O–H groups in total. The summed E-state index contributed by atoms with van der Waals surface area (Å²) in [5, 5.41) is 0. The summed E-state index contributed by atoms with van der Waals surface area (Å²) in [6.07, 6.45) is 2.25. The summed E-state index contributed by atoms with van der Waals surface area (Å²) in [6.45, 7) is 7.67. The monoisotopic (exact) mass is 284 g/mol. The van der Waals surface area contributed by atoms with E-state index < -0.39 is 10.0 Å². The Morgan fingerprint density at radius 3 is 2.63 bits per heavy atom. The molecule has 0 unspecified atom stereocenters. The van der Waals surface area contributed by atoms with Crippen molar-refractivity contribution in [3.05, 3.63) is 18.3 Å². The molecule has 1 aromatic heterocycles. The number of nitrogens with zero attached hydrogens (tertiary/aromatic N) is 2. The molecule has 0 spiro atoms. The van der Waals surface area contributed by atoms with Gasteiger partial charge in [-0.15, -0.1) is 0 Å². The molecule has 0 aromatic carbocycles. The van der Waals surface area contributed by atoms with E-state index in [1.807, 2.05) is 6.92 Å². The maximum Gasteiger partial charge on any atom is 0.244 e. The molecule has 0 saturated carbocycles. The van der Waals surface area contributed by atoms with Crippen LogP contribution in [0.3, 0.4) is 0 Å². The second-order valence-corrected chi connectivity index (χ2v) is 7.46. The lowest BCUT2D eigenvalue weighted by molar-refractivity contribution is 0.326. The summed E-state index contributed by atoms with van der Waals surface area (Å²) in [7, 11) is -3.43. The van der Waals surface area contributed by atoms with Crippen molar-refractivity contribution in [3.63, 3.8) is 0 Å². The largest absolute Gasteiger partial charge is 0.478 e. The summed E-state index contributed by atoms with van der Waals surface area (Å²) in [5.41, 5.74) is 0.0474. The van der Waals surface area contributed by atoms with Crippen molar-refractivity contribution < 1.29 is 13.2 Å². The fraction of sp³-hybridized carbons (Fsp3) is 0.615. The highest BCUT2D eigenvalue weighted by Gasteiger charge is 2.36. The van der Waals surface area contributed by atoms with Gasteiger partial charge in [0.2, 0.25) is 15.9 Å². The maximum atomic E-state index is 12.4. The van der Waals surface area contributed by atoms with E-state index in [9.17, 15) is 8.42 Å². The topological polar surface area (TPSA) is 59.5 Å². The molecule has 0 aliphatic carbocycles. The summed E-state index contributed by atoms with van der Waals surface area (Å²) in [6, 6.07) is 3.15. The van der Waals surface area contributed by atoms with E-state index >= 15 is 0 Å². The van der Waals surface area contributed by atoms with Crippen LogP contribution in [0.2, 0.25) is 0 Å². The Labute approximate surface area is 114 Å². The van der Waals surface area contributed by atoms with Gasteiger partial charge in [0.15, 0.2) is 0 Å². The van der Waals surface area contributed by atoms with Gasteiger partial charge in [0, 0.05) is 19.2 Å². The van der Waals surface area contributed by atoms with Crippen LogP contribution in [0.15, 0.2) is 23.2 Å². The molecule has 106 valence electrons. The first-order chi connectivity index (χ1) is 8.85. The van der Waals surface area contributed by atoms with Gasteiger partial charge in [-0.3, -0.25) is 0 Å². The molecule has 2 heterocycles. The van der Waals surface area contributed by atoms with E-state index in [0.29, 0.717) is 25.6 Å². The van der Waals surface area contributed by atoms with E-state index in [-0.39, 0.29) is 10.3 Å². The van der Waals surface area contributed by atoms with Gasteiger partial charge in [0.25, 0.3) is 0 Å². The molecule has 19 heavy (non-hydrogen) atoms. The minimum atomic E-state index is -3.43. The Kier molecular flexibility index (Phi) is 3.82. The zero-order valence-corrected chi connectivity index (χ0v) is 12.4. The third kappa shape index (κ3) is 3.06. The first-order valence-corrected chi connectivity index (χ1v) is 7.88. The lowest BCUT2D eigenvalue weighted by Gasteiger charge is -2.19. The Morgan fingerprint density at radius 1 is 1.42 bits per heavy atom. The number of pyridine rings is 1. The second-order valence-electron chi connectivity index (χ2n) is 5.52. The lowest BCUT2D eigenvalue weighted by atomic mass is 9.93. The predicted molar refractivity (Wildman–Crippen MR) is 72.6 cm³/mol. The highest BCUT2D eigenvalue weighted by atomic mass is 32.2. The first-order valence-electron chi connectivity index (χ1n) is 6.44. The highest BCUT2D eigenvalue weighted by Crippen LogP contribution is 2.32. The van der Waals surface area contributed by atoms with Crippen LogP contribution in [0.1, 0.15) is 27.2 Å². The van der Waals surface area contributed by atoms with E-state index in [2.05, 4.69) is 18.8 Å². The smallest absolute Gasteiger partial charge is 0.244 e. The van der Waals surface area contributed by atoms with Gasteiger partial charge in [-0.1, -0.05) is 13.8 Å². The number of rotatable bonds is 4. The van der Waals surface area contributed by atoms with Gasteiger partial charge >= 0.3 is 0 Å². The quantitative estimate of drug-likeness (QED) is 0.847. The molecule has 6 heteroatoms.